The van der Waals surface area contributed by atoms with Gasteiger partial charge in [0.25, 0.3) is 0 Å². The second-order valence-electron chi connectivity index (χ2n) is 4.24. The minimum absolute atomic E-state index is 0.529. The van der Waals surface area contributed by atoms with Crippen molar-refractivity contribution in [2.75, 3.05) is 52.6 Å². The molecule has 2 fully saturated rings. The summed E-state index contributed by atoms with van der Waals surface area (Å²) >= 11 is 0. The van der Waals surface area contributed by atoms with Crippen LogP contribution in [0.25, 0.3) is 0 Å². The van der Waals surface area contributed by atoms with Crippen molar-refractivity contribution >= 4 is 12.1 Å². The van der Waals surface area contributed by atoms with Gasteiger partial charge in [0.05, 0.1) is 26.4 Å². The minimum atomic E-state index is -0.998. The van der Waals surface area contributed by atoms with Gasteiger partial charge in [-0.3, -0.25) is 0 Å². The molecular formula is C10H18N6O4. The second kappa shape index (κ2) is 7.24. The van der Waals surface area contributed by atoms with Gasteiger partial charge < -0.3 is 15.2 Å². The van der Waals surface area contributed by atoms with Crippen molar-refractivity contribution in [3.8, 4) is 0 Å². The fourth-order valence-electron chi connectivity index (χ4n) is 2.04. The number of rotatable bonds is 2. The van der Waals surface area contributed by atoms with Crippen LogP contribution in [-0.2, 0) is 9.47 Å². The van der Waals surface area contributed by atoms with Crippen molar-refractivity contribution in [2.45, 2.75) is 0 Å². The number of hydrogen-bond acceptors (Lipinski definition) is 6. The number of hydrazine groups is 2. The SMILES string of the molecule is NC(=O)/N=N/C(=O)N(N1CCOCC1)N1CCOCC1. The van der Waals surface area contributed by atoms with Gasteiger partial charge in [-0.1, -0.05) is 10.2 Å². The van der Waals surface area contributed by atoms with Crippen molar-refractivity contribution < 1.29 is 19.1 Å². The summed E-state index contributed by atoms with van der Waals surface area (Å²) < 4.78 is 10.5. The van der Waals surface area contributed by atoms with E-state index in [1.807, 2.05) is 10.0 Å². The number of ether oxygens (including phenoxy) is 2. The molecule has 0 saturated carbocycles. The Labute approximate surface area is 116 Å². The van der Waals surface area contributed by atoms with E-state index in [0.29, 0.717) is 52.6 Å². The van der Waals surface area contributed by atoms with E-state index >= 15 is 0 Å². The summed E-state index contributed by atoms with van der Waals surface area (Å²) in [6.45, 7) is 4.37. The summed E-state index contributed by atoms with van der Waals surface area (Å²) in [7, 11) is 0. The molecule has 2 saturated heterocycles. The molecule has 0 bridgehead atoms. The van der Waals surface area contributed by atoms with Crippen LogP contribution in [0.4, 0.5) is 9.59 Å². The molecule has 20 heavy (non-hydrogen) atoms. The smallest absolute Gasteiger partial charge is 0.379 e. The molecule has 2 heterocycles. The highest BCUT2D eigenvalue weighted by Gasteiger charge is 2.30. The van der Waals surface area contributed by atoms with Gasteiger partial charge in [-0.15, -0.1) is 0 Å². The maximum atomic E-state index is 12.1. The topological polar surface area (TPSA) is 113 Å². The Hall–Kier alpha value is -1.62. The third-order valence-corrected chi connectivity index (χ3v) is 2.92. The van der Waals surface area contributed by atoms with Crippen LogP contribution in [-0.4, -0.2) is 79.8 Å². The number of urea groups is 2. The van der Waals surface area contributed by atoms with E-state index in [2.05, 4.69) is 10.2 Å². The van der Waals surface area contributed by atoms with Crippen molar-refractivity contribution in [2.24, 2.45) is 16.0 Å². The second-order valence-corrected chi connectivity index (χ2v) is 4.24. The number of nitrogens with two attached hydrogens (primary N) is 1. The van der Waals surface area contributed by atoms with Crippen molar-refractivity contribution in [1.82, 2.24) is 15.1 Å². The van der Waals surface area contributed by atoms with E-state index < -0.39 is 12.1 Å². The number of primary amides is 1. The lowest BCUT2D eigenvalue weighted by atomic mass is 10.5. The number of nitrogens with zero attached hydrogens (tertiary/aromatic N) is 5. The standard InChI is InChI=1S/C10H18N6O4/c11-9(17)12-13-10(18)16(14-1-5-19-6-2-14)15-3-7-20-8-4-15/h1-8H2,(H2,11,17)/b13-12+. The number of hydrogen-bond donors (Lipinski definition) is 1. The predicted octanol–water partition coefficient (Wildman–Crippen LogP) is -0.566. The van der Waals surface area contributed by atoms with E-state index in [1.54, 1.807) is 0 Å². The molecule has 0 radical (unpaired) electrons. The zero-order valence-corrected chi connectivity index (χ0v) is 11.1. The monoisotopic (exact) mass is 286 g/mol. The van der Waals surface area contributed by atoms with Gasteiger partial charge in [0.15, 0.2) is 0 Å². The molecule has 0 aromatic heterocycles. The zero-order chi connectivity index (χ0) is 14.4. The Morgan fingerprint density at radius 1 is 0.900 bits per heavy atom. The highest BCUT2D eigenvalue weighted by molar-refractivity contribution is 5.78. The van der Waals surface area contributed by atoms with Gasteiger partial charge in [-0.2, -0.15) is 15.1 Å². The molecule has 10 nitrogen and oxygen atoms in total. The lowest BCUT2D eigenvalue weighted by Gasteiger charge is -2.43. The first kappa shape index (κ1) is 14.8. The molecule has 10 heteroatoms. The fourth-order valence-corrected chi connectivity index (χ4v) is 2.04. The number of carbonyl (C=O) groups is 2. The molecule has 0 aromatic carbocycles. The molecule has 2 aliphatic rings. The summed E-state index contributed by atoms with van der Waals surface area (Å²) in [4.78, 5) is 22.7. The molecule has 2 N–H and O–H groups in total. The summed E-state index contributed by atoms with van der Waals surface area (Å²) in [6, 6.07) is -1.64. The average molecular weight is 286 g/mol. The molecule has 0 aromatic rings. The van der Waals surface area contributed by atoms with E-state index in [-0.39, 0.29) is 0 Å². The van der Waals surface area contributed by atoms with Crippen molar-refractivity contribution in [3.05, 3.63) is 0 Å². The van der Waals surface area contributed by atoms with E-state index in [9.17, 15) is 9.59 Å². The summed E-state index contributed by atoms with van der Waals surface area (Å²) in [6.07, 6.45) is 0. The molecule has 2 rings (SSSR count). The molecule has 0 atom stereocenters. The number of morpholine rings is 2. The molecule has 112 valence electrons. The van der Waals surface area contributed by atoms with Crippen LogP contribution in [0, 0.1) is 0 Å². The summed E-state index contributed by atoms with van der Waals surface area (Å²) in [5.74, 6) is 0. The van der Waals surface area contributed by atoms with E-state index in [0.717, 1.165) is 0 Å². The number of amides is 4. The first-order chi connectivity index (χ1) is 9.68. The van der Waals surface area contributed by atoms with Crippen LogP contribution in [0.1, 0.15) is 0 Å². The third kappa shape index (κ3) is 3.93. The van der Waals surface area contributed by atoms with Crippen molar-refractivity contribution in [3.63, 3.8) is 0 Å². The van der Waals surface area contributed by atoms with Crippen LogP contribution in [0.3, 0.4) is 0 Å². The molecule has 0 unspecified atom stereocenters. The number of carbonyl (C=O) groups excluding carboxylic acids is 2. The average Bonchev–Trinajstić information content (AvgIpc) is 2.48. The quantitative estimate of drug-likeness (QED) is 0.680. The normalized spacial score (nSPS) is 22.0. The molecule has 4 amide bonds. The largest absolute Gasteiger partial charge is 0.392 e. The van der Waals surface area contributed by atoms with Crippen LogP contribution < -0.4 is 5.73 Å². The van der Waals surface area contributed by atoms with Gasteiger partial charge in [0.1, 0.15) is 0 Å². The highest BCUT2D eigenvalue weighted by Crippen LogP contribution is 2.12. The maximum absolute atomic E-state index is 12.1. The molecular weight excluding hydrogens is 268 g/mol. The highest BCUT2D eigenvalue weighted by atomic mass is 16.5. The Morgan fingerprint density at radius 2 is 1.35 bits per heavy atom. The van der Waals surface area contributed by atoms with Crippen LogP contribution in [0.2, 0.25) is 0 Å². The van der Waals surface area contributed by atoms with Gasteiger partial charge in [0.2, 0.25) is 0 Å². The van der Waals surface area contributed by atoms with Crippen LogP contribution in [0.15, 0.2) is 10.2 Å². The van der Waals surface area contributed by atoms with Gasteiger partial charge in [0, 0.05) is 26.2 Å². The van der Waals surface area contributed by atoms with Gasteiger partial charge >= 0.3 is 12.1 Å². The van der Waals surface area contributed by atoms with E-state index in [1.165, 1.54) is 5.12 Å². The summed E-state index contributed by atoms with van der Waals surface area (Å²) in [5, 5.41) is 11.5. The molecule has 0 aliphatic carbocycles. The van der Waals surface area contributed by atoms with Gasteiger partial charge in [-0.05, 0) is 0 Å². The molecule has 2 aliphatic heterocycles. The fraction of sp³-hybridized carbons (Fsp3) is 0.800. The lowest BCUT2D eigenvalue weighted by Crippen LogP contribution is -2.60. The van der Waals surface area contributed by atoms with Crippen molar-refractivity contribution in [1.29, 1.82) is 0 Å². The van der Waals surface area contributed by atoms with E-state index in [4.69, 9.17) is 15.2 Å². The van der Waals surface area contributed by atoms with Gasteiger partial charge in [-0.25, -0.2) is 9.59 Å². The zero-order valence-electron chi connectivity index (χ0n) is 11.1. The first-order valence-corrected chi connectivity index (χ1v) is 6.39. The summed E-state index contributed by atoms with van der Waals surface area (Å²) in [5.41, 5.74) is 4.86. The Balaban J connectivity index is 2.09. The van der Waals surface area contributed by atoms with Crippen LogP contribution >= 0.6 is 0 Å². The Morgan fingerprint density at radius 3 is 1.75 bits per heavy atom. The third-order valence-electron chi connectivity index (χ3n) is 2.92. The molecule has 0 spiro atoms. The Bertz CT molecular complexity index is 360. The lowest BCUT2D eigenvalue weighted by molar-refractivity contribution is -0.189. The first-order valence-electron chi connectivity index (χ1n) is 6.39. The predicted molar refractivity (Wildman–Crippen MR) is 66.5 cm³/mol. The van der Waals surface area contributed by atoms with Crippen LogP contribution in [0.5, 0.6) is 0 Å². The maximum Gasteiger partial charge on any atom is 0.392 e. The minimum Gasteiger partial charge on any atom is -0.379 e. The number of azo groups is 1. The Kier molecular flexibility index (Phi) is 5.35.